The molecule has 1 saturated carbocycles. The highest BCUT2D eigenvalue weighted by atomic mass is 35.5. The van der Waals surface area contributed by atoms with Crippen molar-refractivity contribution >= 4 is 23.3 Å². The first kappa shape index (κ1) is 30.0. The molecule has 1 unspecified atom stereocenters. The number of rotatable bonds is 8. The number of anilines is 1. The van der Waals surface area contributed by atoms with Crippen molar-refractivity contribution in [1.82, 2.24) is 4.98 Å². The number of benzene rings is 2. The zero-order valence-electron chi connectivity index (χ0n) is 26.0. The molecule has 0 aliphatic heterocycles. The van der Waals surface area contributed by atoms with Crippen LogP contribution in [0.25, 0.3) is 0 Å². The number of fused-ring (bicyclic) bond motifs is 3. The normalized spacial score (nSPS) is 26.8. The van der Waals surface area contributed by atoms with Gasteiger partial charge in [-0.05, 0) is 129 Å². The summed E-state index contributed by atoms with van der Waals surface area (Å²) < 4.78 is 11.9. The summed E-state index contributed by atoms with van der Waals surface area (Å²) in [5.41, 5.74) is 7.03. The van der Waals surface area contributed by atoms with Gasteiger partial charge in [0.05, 0.1) is 13.7 Å². The summed E-state index contributed by atoms with van der Waals surface area (Å²) in [5, 5.41) is 4.21. The van der Waals surface area contributed by atoms with Crippen LogP contribution in [-0.2, 0) is 27.8 Å². The predicted octanol–water partition coefficient (Wildman–Crippen LogP) is 8.60. The molecule has 43 heavy (non-hydrogen) atoms. The first-order chi connectivity index (χ1) is 20.7. The van der Waals surface area contributed by atoms with Gasteiger partial charge < -0.3 is 14.8 Å². The van der Waals surface area contributed by atoms with E-state index in [1.165, 1.54) is 47.9 Å². The standard InChI is InChI=1S/C37H45ClN2O3/c1-24(23-43-33-14-19-39-32-13-6-9-26(3)34(32)33)20-27-21-30-25(2)8-5-12-31(30)36(27)15-17-37(18-16-36,35(41)42-4)40-29-11-7-10-28(38)22-29/h5,7-8,10-12,14,19,22,24,26-27,40H,6,9,13,15-18,20-21,23H2,1-4H3/t24-,26-,27?,36?,37?/m1/s1. The van der Waals surface area contributed by atoms with Gasteiger partial charge in [-0.1, -0.05) is 49.7 Å². The first-order valence-electron chi connectivity index (χ1n) is 16.1. The Labute approximate surface area is 261 Å². The Balaban J connectivity index is 1.22. The number of hydrogen-bond acceptors (Lipinski definition) is 5. The molecule has 1 N–H and O–H groups in total. The third-order valence-electron chi connectivity index (χ3n) is 10.7. The molecule has 3 aromatic rings. The van der Waals surface area contributed by atoms with E-state index in [4.69, 9.17) is 21.1 Å². The highest BCUT2D eigenvalue weighted by molar-refractivity contribution is 6.30. The Hall–Kier alpha value is -3.05. The van der Waals surface area contributed by atoms with Crippen LogP contribution in [0, 0.1) is 18.8 Å². The lowest BCUT2D eigenvalue weighted by molar-refractivity contribution is -0.148. The molecule has 1 aromatic heterocycles. The number of carbonyl (C=O) groups excluding carboxylic acids is 1. The van der Waals surface area contributed by atoms with Gasteiger partial charge >= 0.3 is 5.97 Å². The van der Waals surface area contributed by atoms with Crippen molar-refractivity contribution in [3.63, 3.8) is 0 Å². The molecule has 0 radical (unpaired) electrons. The van der Waals surface area contributed by atoms with Gasteiger partial charge in [0.2, 0.25) is 0 Å². The van der Waals surface area contributed by atoms with Crippen molar-refractivity contribution in [2.24, 2.45) is 11.8 Å². The van der Waals surface area contributed by atoms with E-state index in [9.17, 15) is 4.79 Å². The highest BCUT2D eigenvalue weighted by Gasteiger charge is 2.54. The third-order valence-corrected chi connectivity index (χ3v) is 11.0. The third kappa shape index (κ3) is 5.66. The molecule has 5 nitrogen and oxygen atoms in total. The van der Waals surface area contributed by atoms with Crippen LogP contribution >= 0.6 is 11.6 Å². The van der Waals surface area contributed by atoms with Gasteiger partial charge in [0.25, 0.3) is 0 Å². The van der Waals surface area contributed by atoms with Gasteiger partial charge in [-0.25, -0.2) is 4.79 Å². The monoisotopic (exact) mass is 600 g/mol. The number of nitrogens with zero attached hydrogens (tertiary/aromatic N) is 1. The smallest absolute Gasteiger partial charge is 0.331 e. The van der Waals surface area contributed by atoms with Crippen LogP contribution in [0.1, 0.15) is 92.7 Å². The lowest BCUT2D eigenvalue weighted by Gasteiger charge is -2.47. The van der Waals surface area contributed by atoms with Crippen LogP contribution in [0.3, 0.4) is 0 Å². The van der Waals surface area contributed by atoms with E-state index in [2.05, 4.69) is 55.3 Å². The zero-order chi connectivity index (χ0) is 30.2. The molecular weight excluding hydrogens is 556 g/mol. The molecule has 1 fully saturated rings. The summed E-state index contributed by atoms with van der Waals surface area (Å²) in [5.74, 6) is 2.22. The minimum Gasteiger partial charge on any atom is -0.493 e. The van der Waals surface area contributed by atoms with Crippen LogP contribution in [0.5, 0.6) is 5.75 Å². The van der Waals surface area contributed by atoms with Gasteiger partial charge in [-0.2, -0.15) is 0 Å². The molecular formula is C37H45ClN2O3. The van der Waals surface area contributed by atoms with Gasteiger partial charge in [-0.3, -0.25) is 4.98 Å². The lowest BCUT2D eigenvalue weighted by Crippen LogP contribution is -2.53. The molecule has 0 saturated heterocycles. The number of pyridine rings is 1. The van der Waals surface area contributed by atoms with Gasteiger partial charge in [-0.15, -0.1) is 0 Å². The van der Waals surface area contributed by atoms with E-state index >= 15 is 0 Å². The first-order valence-corrected chi connectivity index (χ1v) is 16.4. The number of nitrogens with one attached hydrogen (secondary N) is 1. The fourth-order valence-electron chi connectivity index (χ4n) is 8.48. The molecule has 1 spiro atoms. The van der Waals surface area contributed by atoms with Crippen molar-refractivity contribution in [1.29, 1.82) is 0 Å². The molecule has 6 rings (SSSR count). The van der Waals surface area contributed by atoms with E-state index in [1.807, 2.05) is 30.5 Å². The largest absolute Gasteiger partial charge is 0.493 e. The Bertz CT molecular complexity index is 1480. The second-order valence-electron chi connectivity index (χ2n) is 13.5. The van der Waals surface area contributed by atoms with Crippen molar-refractivity contribution in [2.45, 2.75) is 95.4 Å². The highest BCUT2D eigenvalue weighted by Crippen LogP contribution is 2.56. The summed E-state index contributed by atoms with van der Waals surface area (Å²) in [7, 11) is 1.49. The van der Waals surface area contributed by atoms with Crippen molar-refractivity contribution in [3.05, 3.63) is 87.7 Å². The summed E-state index contributed by atoms with van der Waals surface area (Å²) in [4.78, 5) is 18.0. The van der Waals surface area contributed by atoms with E-state index in [-0.39, 0.29) is 11.4 Å². The predicted molar refractivity (Wildman–Crippen MR) is 173 cm³/mol. The topological polar surface area (TPSA) is 60.5 Å². The van der Waals surface area contributed by atoms with Gasteiger partial charge in [0.15, 0.2) is 0 Å². The Morgan fingerprint density at radius 2 is 1.93 bits per heavy atom. The fourth-order valence-corrected chi connectivity index (χ4v) is 8.67. The summed E-state index contributed by atoms with van der Waals surface area (Å²) >= 11 is 6.30. The van der Waals surface area contributed by atoms with Crippen LogP contribution in [0.4, 0.5) is 5.69 Å². The molecule has 3 atom stereocenters. The maximum atomic E-state index is 13.3. The van der Waals surface area contributed by atoms with Crippen LogP contribution in [0.15, 0.2) is 54.7 Å². The number of carbonyl (C=O) groups is 1. The molecule has 0 amide bonds. The average molecular weight is 601 g/mol. The van der Waals surface area contributed by atoms with Crippen molar-refractivity contribution in [3.8, 4) is 5.75 Å². The van der Waals surface area contributed by atoms with Crippen LogP contribution in [0.2, 0.25) is 5.02 Å². The maximum Gasteiger partial charge on any atom is 0.331 e. The van der Waals surface area contributed by atoms with Crippen LogP contribution < -0.4 is 10.1 Å². The van der Waals surface area contributed by atoms with E-state index in [0.717, 1.165) is 43.5 Å². The van der Waals surface area contributed by atoms with Crippen molar-refractivity contribution in [2.75, 3.05) is 19.0 Å². The van der Waals surface area contributed by atoms with E-state index in [1.54, 1.807) is 0 Å². The molecule has 228 valence electrons. The molecule has 2 aromatic carbocycles. The number of halogens is 1. The van der Waals surface area contributed by atoms with Gasteiger partial charge in [0, 0.05) is 28.2 Å². The minimum atomic E-state index is -0.770. The van der Waals surface area contributed by atoms with E-state index in [0.29, 0.717) is 42.2 Å². The average Bonchev–Trinajstić information content (AvgIpc) is 3.30. The fraction of sp³-hybridized carbons (Fsp3) is 0.514. The summed E-state index contributed by atoms with van der Waals surface area (Å²) in [6.45, 7) is 7.59. The quantitative estimate of drug-likeness (QED) is 0.262. The SMILES string of the molecule is COC(=O)C1(Nc2cccc(Cl)c2)CCC2(CC1)c1cccc(C)c1CC2C[C@@H](C)COc1ccnc2c1[C@H](C)CCC2. The molecule has 3 aliphatic carbocycles. The summed E-state index contributed by atoms with van der Waals surface area (Å²) in [6.07, 6.45) is 10.8. The zero-order valence-corrected chi connectivity index (χ0v) is 26.8. The number of aromatic nitrogens is 1. The molecule has 1 heterocycles. The second kappa shape index (κ2) is 12.1. The number of ether oxygens (including phenoxy) is 2. The summed E-state index contributed by atoms with van der Waals surface area (Å²) in [6, 6.07) is 16.5. The van der Waals surface area contributed by atoms with Crippen molar-refractivity contribution < 1.29 is 14.3 Å². The number of aryl methyl sites for hydroxylation is 2. The van der Waals surface area contributed by atoms with Crippen LogP contribution in [-0.4, -0.2) is 30.2 Å². The second-order valence-corrected chi connectivity index (χ2v) is 13.9. The Morgan fingerprint density at radius 3 is 2.70 bits per heavy atom. The lowest BCUT2D eigenvalue weighted by atomic mass is 9.59. The Morgan fingerprint density at radius 1 is 1.14 bits per heavy atom. The minimum absolute atomic E-state index is 0.0352. The molecule has 6 heteroatoms. The Kier molecular flexibility index (Phi) is 8.48. The number of esters is 1. The maximum absolute atomic E-state index is 13.3. The molecule has 3 aliphatic rings. The number of methoxy groups -OCH3 is 1. The molecule has 0 bridgehead atoms. The number of hydrogen-bond donors (Lipinski definition) is 1. The van der Waals surface area contributed by atoms with E-state index < -0.39 is 5.54 Å². The van der Waals surface area contributed by atoms with Gasteiger partial charge in [0.1, 0.15) is 11.3 Å².